The molecule has 0 saturated heterocycles. The van der Waals surface area contributed by atoms with Crippen LogP contribution in [0.25, 0.3) is 0 Å². The van der Waals surface area contributed by atoms with Crippen molar-refractivity contribution in [3.63, 3.8) is 0 Å². The first-order chi connectivity index (χ1) is 6.72. The number of rotatable bonds is 4. The molecule has 0 bridgehead atoms. The van der Waals surface area contributed by atoms with Crippen molar-refractivity contribution in [3.8, 4) is 11.5 Å². The number of aldehydes is 1. The Bertz CT molecular complexity index is 332. The van der Waals surface area contributed by atoms with Crippen molar-refractivity contribution in [2.24, 2.45) is 0 Å². The molecule has 0 fully saturated rings. The molecule has 3 nitrogen and oxygen atoms in total. The summed E-state index contributed by atoms with van der Waals surface area (Å²) in [5, 5.41) is 0. The maximum atomic E-state index is 10.7. The van der Waals surface area contributed by atoms with Crippen LogP contribution in [0.1, 0.15) is 22.8 Å². The summed E-state index contributed by atoms with van der Waals surface area (Å²) in [4.78, 5) is 10.7. The van der Waals surface area contributed by atoms with Gasteiger partial charge in [0.25, 0.3) is 0 Å². The summed E-state index contributed by atoms with van der Waals surface area (Å²) in [6, 6.07) is 3.50. The highest BCUT2D eigenvalue weighted by molar-refractivity contribution is 5.80. The van der Waals surface area contributed by atoms with Gasteiger partial charge in [-0.1, -0.05) is 0 Å². The van der Waals surface area contributed by atoms with Gasteiger partial charge in [0.15, 0.2) is 6.29 Å². The number of ether oxygens (including phenoxy) is 2. The van der Waals surface area contributed by atoms with E-state index in [-0.39, 0.29) is 0 Å². The van der Waals surface area contributed by atoms with Gasteiger partial charge in [-0.3, -0.25) is 4.79 Å². The summed E-state index contributed by atoms with van der Waals surface area (Å²) in [5.41, 5.74) is 1.48. The minimum absolute atomic E-state index is 0.515. The van der Waals surface area contributed by atoms with E-state index >= 15 is 0 Å². The van der Waals surface area contributed by atoms with Gasteiger partial charge in [0, 0.05) is 0 Å². The molecule has 1 rings (SSSR count). The average Bonchev–Trinajstić information content (AvgIpc) is 2.20. The highest BCUT2D eigenvalue weighted by Crippen LogP contribution is 2.27. The van der Waals surface area contributed by atoms with Crippen molar-refractivity contribution in [3.05, 3.63) is 23.3 Å². The molecule has 1 aromatic carbocycles. The first kappa shape index (κ1) is 10.6. The Morgan fingerprint density at radius 2 is 2.07 bits per heavy atom. The monoisotopic (exact) mass is 194 g/mol. The fourth-order valence-electron chi connectivity index (χ4n) is 1.26. The Labute approximate surface area is 83.6 Å². The Kier molecular flexibility index (Phi) is 3.51. The van der Waals surface area contributed by atoms with Crippen LogP contribution < -0.4 is 9.47 Å². The van der Waals surface area contributed by atoms with E-state index in [2.05, 4.69) is 0 Å². The van der Waals surface area contributed by atoms with Crippen LogP contribution in [0.15, 0.2) is 12.1 Å². The van der Waals surface area contributed by atoms with E-state index in [1.54, 1.807) is 19.2 Å². The smallest absolute Gasteiger partial charge is 0.153 e. The lowest BCUT2D eigenvalue weighted by atomic mass is 10.1. The van der Waals surface area contributed by atoms with E-state index < -0.39 is 0 Å². The minimum atomic E-state index is 0.515. The Morgan fingerprint density at radius 1 is 1.36 bits per heavy atom. The van der Waals surface area contributed by atoms with Crippen LogP contribution in [-0.2, 0) is 0 Å². The second-order valence-corrected chi connectivity index (χ2v) is 2.91. The minimum Gasteiger partial charge on any atom is -0.496 e. The summed E-state index contributed by atoms with van der Waals surface area (Å²) in [6.07, 6.45) is 0.765. The molecule has 0 aromatic heterocycles. The first-order valence-corrected chi connectivity index (χ1v) is 4.49. The van der Waals surface area contributed by atoms with E-state index in [1.807, 2.05) is 13.8 Å². The molecule has 3 heteroatoms. The quantitative estimate of drug-likeness (QED) is 0.689. The third kappa shape index (κ3) is 2.05. The van der Waals surface area contributed by atoms with E-state index in [1.165, 1.54) is 0 Å². The zero-order valence-electron chi connectivity index (χ0n) is 8.66. The van der Waals surface area contributed by atoms with Crippen molar-refractivity contribution < 1.29 is 14.3 Å². The summed E-state index contributed by atoms with van der Waals surface area (Å²) in [7, 11) is 1.54. The van der Waals surface area contributed by atoms with Gasteiger partial charge in [0.1, 0.15) is 11.5 Å². The van der Waals surface area contributed by atoms with E-state index in [9.17, 15) is 4.79 Å². The SMILES string of the molecule is CCOc1cc(C=O)c(OC)cc1C. The lowest BCUT2D eigenvalue weighted by Crippen LogP contribution is -1.97. The summed E-state index contributed by atoms with van der Waals surface area (Å²) >= 11 is 0. The van der Waals surface area contributed by atoms with Crippen LogP contribution in [0.3, 0.4) is 0 Å². The van der Waals surface area contributed by atoms with Crippen LogP contribution in [0.2, 0.25) is 0 Å². The van der Waals surface area contributed by atoms with Gasteiger partial charge < -0.3 is 9.47 Å². The van der Waals surface area contributed by atoms with Crippen molar-refractivity contribution in [1.29, 1.82) is 0 Å². The summed E-state index contributed by atoms with van der Waals surface area (Å²) in [5.74, 6) is 1.32. The number of hydrogen-bond acceptors (Lipinski definition) is 3. The normalized spacial score (nSPS) is 9.64. The van der Waals surface area contributed by atoms with Gasteiger partial charge >= 0.3 is 0 Å². The van der Waals surface area contributed by atoms with Crippen LogP contribution >= 0.6 is 0 Å². The third-order valence-electron chi connectivity index (χ3n) is 1.95. The van der Waals surface area contributed by atoms with Crippen molar-refractivity contribution >= 4 is 6.29 Å². The molecule has 0 N–H and O–H groups in total. The van der Waals surface area contributed by atoms with Gasteiger partial charge in [-0.15, -0.1) is 0 Å². The van der Waals surface area contributed by atoms with Crippen LogP contribution in [0.4, 0.5) is 0 Å². The summed E-state index contributed by atoms with van der Waals surface area (Å²) in [6.45, 7) is 4.41. The number of hydrogen-bond donors (Lipinski definition) is 0. The maximum Gasteiger partial charge on any atom is 0.153 e. The molecule has 0 spiro atoms. The fraction of sp³-hybridized carbons (Fsp3) is 0.364. The third-order valence-corrected chi connectivity index (χ3v) is 1.95. The van der Waals surface area contributed by atoms with Gasteiger partial charge in [-0.05, 0) is 31.5 Å². The Balaban J connectivity index is 3.16. The molecule has 14 heavy (non-hydrogen) atoms. The second kappa shape index (κ2) is 4.65. The second-order valence-electron chi connectivity index (χ2n) is 2.91. The molecular weight excluding hydrogens is 180 g/mol. The zero-order chi connectivity index (χ0) is 10.6. The Morgan fingerprint density at radius 3 is 2.57 bits per heavy atom. The first-order valence-electron chi connectivity index (χ1n) is 4.49. The number of aryl methyl sites for hydroxylation is 1. The van der Waals surface area contributed by atoms with Crippen LogP contribution in [-0.4, -0.2) is 20.0 Å². The van der Waals surface area contributed by atoms with E-state index in [0.29, 0.717) is 17.9 Å². The largest absolute Gasteiger partial charge is 0.496 e. The number of benzene rings is 1. The molecule has 0 heterocycles. The lowest BCUT2D eigenvalue weighted by Gasteiger charge is -2.10. The predicted molar refractivity (Wildman–Crippen MR) is 54.3 cm³/mol. The molecule has 0 aliphatic rings. The molecule has 0 saturated carbocycles. The molecule has 0 amide bonds. The van der Waals surface area contributed by atoms with Crippen LogP contribution in [0.5, 0.6) is 11.5 Å². The zero-order valence-corrected chi connectivity index (χ0v) is 8.66. The standard InChI is InChI=1S/C11H14O3/c1-4-14-10-6-9(7-12)11(13-3)5-8(10)2/h5-7H,4H2,1-3H3. The molecule has 0 unspecified atom stereocenters. The molecule has 0 atom stereocenters. The van der Waals surface area contributed by atoms with Crippen molar-refractivity contribution in [1.82, 2.24) is 0 Å². The molecule has 1 aromatic rings. The number of carbonyl (C=O) groups is 1. The molecule has 0 aliphatic carbocycles. The van der Waals surface area contributed by atoms with E-state index in [4.69, 9.17) is 9.47 Å². The van der Waals surface area contributed by atoms with Gasteiger partial charge in [-0.2, -0.15) is 0 Å². The molecule has 76 valence electrons. The van der Waals surface area contributed by atoms with Gasteiger partial charge in [-0.25, -0.2) is 0 Å². The van der Waals surface area contributed by atoms with Gasteiger partial charge in [0.2, 0.25) is 0 Å². The number of carbonyl (C=O) groups excluding carboxylic acids is 1. The average molecular weight is 194 g/mol. The summed E-state index contributed by atoms with van der Waals surface area (Å²) < 4.78 is 10.4. The molecular formula is C11H14O3. The van der Waals surface area contributed by atoms with E-state index in [0.717, 1.165) is 17.6 Å². The molecule has 0 aliphatic heterocycles. The van der Waals surface area contributed by atoms with Crippen LogP contribution in [0, 0.1) is 6.92 Å². The predicted octanol–water partition coefficient (Wildman–Crippen LogP) is 2.21. The maximum absolute atomic E-state index is 10.7. The molecule has 0 radical (unpaired) electrons. The lowest BCUT2D eigenvalue weighted by molar-refractivity contribution is 0.112. The number of methoxy groups -OCH3 is 1. The fourth-order valence-corrected chi connectivity index (χ4v) is 1.26. The van der Waals surface area contributed by atoms with Crippen molar-refractivity contribution in [2.75, 3.05) is 13.7 Å². The Hall–Kier alpha value is -1.51. The van der Waals surface area contributed by atoms with Gasteiger partial charge in [0.05, 0.1) is 19.3 Å². The highest BCUT2D eigenvalue weighted by atomic mass is 16.5. The topological polar surface area (TPSA) is 35.5 Å². The van der Waals surface area contributed by atoms with Crippen molar-refractivity contribution in [2.45, 2.75) is 13.8 Å². The highest BCUT2D eigenvalue weighted by Gasteiger charge is 2.07.